The molecule has 0 spiro atoms. The molecule has 0 radical (unpaired) electrons. The molecule has 0 fully saturated rings. The molecule has 0 saturated heterocycles. The fourth-order valence-electron chi connectivity index (χ4n) is 3.53. The van der Waals surface area contributed by atoms with Crippen LogP contribution in [0.25, 0.3) is 32.7 Å². The number of benzene rings is 4. The average molecular weight is 344 g/mol. The van der Waals surface area contributed by atoms with E-state index in [0.29, 0.717) is 5.75 Å². The fourth-order valence-corrected chi connectivity index (χ4v) is 3.53. The Hall–Kier alpha value is -3.20. The molecule has 0 aliphatic heterocycles. The number of methoxy groups -OCH3 is 3. The van der Waals surface area contributed by atoms with Crippen molar-refractivity contribution in [1.29, 1.82) is 0 Å². The van der Waals surface area contributed by atoms with E-state index in [9.17, 15) is 0 Å². The van der Waals surface area contributed by atoms with Crippen LogP contribution >= 0.6 is 0 Å². The average Bonchev–Trinajstić information content (AvgIpc) is 2.72. The standard InChI is InChI=1S/C23H20O3/c1-24-16-13-21(25-2)23(22(14-16)26-3)20-12-15-8-4-5-9-17(15)18-10-6-7-11-19(18)20/h4-14H,1-3H3. The summed E-state index contributed by atoms with van der Waals surface area (Å²) in [5.74, 6) is 2.15. The van der Waals surface area contributed by atoms with E-state index in [-0.39, 0.29) is 0 Å². The van der Waals surface area contributed by atoms with Gasteiger partial charge < -0.3 is 14.2 Å². The van der Waals surface area contributed by atoms with Crippen LogP contribution in [0.2, 0.25) is 0 Å². The van der Waals surface area contributed by atoms with E-state index in [2.05, 4.69) is 54.6 Å². The van der Waals surface area contributed by atoms with Gasteiger partial charge in [0.1, 0.15) is 17.2 Å². The van der Waals surface area contributed by atoms with E-state index in [1.165, 1.54) is 16.2 Å². The Labute approximate surface area is 152 Å². The third kappa shape index (κ3) is 2.53. The second kappa shape index (κ2) is 6.60. The summed E-state index contributed by atoms with van der Waals surface area (Å²) in [6.07, 6.45) is 0. The van der Waals surface area contributed by atoms with E-state index >= 15 is 0 Å². The molecule has 3 heteroatoms. The normalized spacial score (nSPS) is 10.9. The predicted molar refractivity (Wildman–Crippen MR) is 107 cm³/mol. The lowest BCUT2D eigenvalue weighted by atomic mass is 9.92. The van der Waals surface area contributed by atoms with Crippen molar-refractivity contribution in [3.8, 4) is 28.4 Å². The summed E-state index contributed by atoms with van der Waals surface area (Å²) in [5, 5.41) is 4.79. The third-order valence-corrected chi connectivity index (χ3v) is 4.75. The topological polar surface area (TPSA) is 27.7 Å². The molecular weight excluding hydrogens is 324 g/mol. The highest BCUT2D eigenvalue weighted by atomic mass is 16.5. The van der Waals surface area contributed by atoms with Gasteiger partial charge in [-0.2, -0.15) is 0 Å². The smallest absolute Gasteiger partial charge is 0.134 e. The Morgan fingerprint density at radius 3 is 1.77 bits per heavy atom. The number of rotatable bonds is 4. The lowest BCUT2D eigenvalue weighted by molar-refractivity contribution is 0.377. The molecule has 0 aliphatic carbocycles. The van der Waals surface area contributed by atoms with Crippen molar-refractivity contribution < 1.29 is 14.2 Å². The summed E-state index contributed by atoms with van der Waals surface area (Å²) >= 11 is 0. The zero-order valence-electron chi connectivity index (χ0n) is 15.1. The van der Waals surface area contributed by atoms with Gasteiger partial charge in [-0.25, -0.2) is 0 Å². The molecule has 4 aromatic rings. The molecule has 0 bridgehead atoms. The van der Waals surface area contributed by atoms with Crippen molar-refractivity contribution in [2.75, 3.05) is 21.3 Å². The van der Waals surface area contributed by atoms with Gasteiger partial charge in [0.2, 0.25) is 0 Å². The second-order valence-electron chi connectivity index (χ2n) is 6.10. The maximum absolute atomic E-state index is 5.69. The van der Waals surface area contributed by atoms with Gasteiger partial charge in [0, 0.05) is 12.1 Å². The molecule has 0 atom stereocenters. The van der Waals surface area contributed by atoms with Crippen LogP contribution in [-0.4, -0.2) is 21.3 Å². The van der Waals surface area contributed by atoms with Crippen molar-refractivity contribution in [2.45, 2.75) is 0 Å². The van der Waals surface area contributed by atoms with Crippen LogP contribution < -0.4 is 14.2 Å². The van der Waals surface area contributed by atoms with Crippen LogP contribution in [0.4, 0.5) is 0 Å². The summed E-state index contributed by atoms with van der Waals surface area (Å²) in [4.78, 5) is 0. The minimum Gasteiger partial charge on any atom is -0.496 e. The number of hydrogen-bond acceptors (Lipinski definition) is 3. The maximum Gasteiger partial charge on any atom is 0.134 e. The van der Waals surface area contributed by atoms with Crippen molar-refractivity contribution in [1.82, 2.24) is 0 Å². The SMILES string of the molecule is COc1cc(OC)c(-c2cc3ccccc3c3ccccc23)c(OC)c1. The number of fused-ring (bicyclic) bond motifs is 3. The zero-order valence-corrected chi connectivity index (χ0v) is 15.1. The molecule has 3 nitrogen and oxygen atoms in total. The highest BCUT2D eigenvalue weighted by molar-refractivity contribution is 6.14. The molecular formula is C23H20O3. The van der Waals surface area contributed by atoms with E-state index in [1.807, 2.05) is 12.1 Å². The Balaban J connectivity index is 2.15. The maximum atomic E-state index is 5.69. The molecule has 0 amide bonds. The second-order valence-corrected chi connectivity index (χ2v) is 6.10. The van der Waals surface area contributed by atoms with E-state index < -0.39 is 0 Å². The summed E-state index contributed by atoms with van der Waals surface area (Å²) < 4.78 is 16.8. The molecule has 0 unspecified atom stereocenters. The van der Waals surface area contributed by atoms with Gasteiger partial charge in [0.25, 0.3) is 0 Å². The Kier molecular flexibility index (Phi) is 4.13. The van der Waals surface area contributed by atoms with Crippen molar-refractivity contribution in [3.63, 3.8) is 0 Å². The minimum absolute atomic E-state index is 0.701. The first-order valence-electron chi connectivity index (χ1n) is 8.47. The molecule has 4 rings (SSSR count). The largest absolute Gasteiger partial charge is 0.496 e. The van der Waals surface area contributed by atoms with Crippen molar-refractivity contribution >= 4 is 21.5 Å². The molecule has 0 aromatic heterocycles. The van der Waals surface area contributed by atoms with Gasteiger partial charge in [0.05, 0.1) is 26.9 Å². The predicted octanol–water partition coefficient (Wildman–Crippen LogP) is 5.69. The Morgan fingerprint density at radius 2 is 1.15 bits per heavy atom. The van der Waals surface area contributed by atoms with Gasteiger partial charge in [-0.1, -0.05) is 48.5 Å². The van der Waals surface area contributed by atoms with Gasteiger partial charge in [-0.3, -0.25) is 0 Å². The lowest BCUT2D eigenvalue weighted by Gasteiger charge is -2.18. The highest BCUT2D eigenvalue weighted by Gasteiger charge is 2.18. The first-order valence-corrected chi connectivity index (χ1v) is 8.47. The van der Waals surface area contributed by atoms with Crippen molar-refractivity contribution in [2.24, 2.45) is 0 Å². The van der Waals surface area contributed by atoms with E-state index in [0.717, 1.165) is 28.0 Å². The summed E-state index contributed by atoms with van der Waals surface area (Å²) in [6, 6.07) is 22.8. The Morgan fingerprint density at radius 1 is 0.577 bits per heavy atom. The van der Waals surface area contributed by atoms with E-state index in [4.69, 9.17) is 14.2 Å². The van der Waals surface area contributed by atoms with Crippen LogP contribution in [0.5, 0.6) is 17.2 Å². The van der Waals surface area contributed by atoms with Gasteiger partial charge >= 0.3 is 0 Å². The van der Waals surface area contributed by atoms with Crippen LogP contribution in [0.15, 0.2) is 66.7 Å². The number of hydrogen-bond donors (Lipinski definition) is 0. The molecule has 4 aromatic carbocycles. The first kappa shape index (κ1) is 16.3. The summed E-state index contributed by atoms with van der Waals surface area (Å²) in [5.41, 5.74) is 2.01. The van der Waals surface area contributed by atoms with Gasteiger partial charge in [-0.15, -0.1) is 0 Å². The van der Waals surface area contributed by atoms with Crippen LogP contribution in [0.3, 0.4) is 0 Å². The lowest BCUT2D eigenvalue weighted by Crippen LogP contribution is -1.96. The molecule has 0 N–H and O–H groups in total. The Bertz CT molecular complexity index is 1070. The monoisotopic (exact) mass is 344 g/mol. The van der Waals surface area contributed by atoms with Gasteiger partial charge in [0.15, 0.2) is 0 Å². The molecule has 0 aliphatic rings. The minimum atomic E-state index is 0.701. The fraction of sp³-hybridized carbons (Fsp3) is 0.130. The quantitative estimate of drug-likeness (QED) is 0.445. The molecule has 0 saturated carbocycles. The van der Waals surface area contributed by atoms with Crippen LogP contribution in [0.1, 0.15) is 0 Å². The zero-order chi connectivity index (χ0) is 18.1. The molecule has 130 valence electrons. The highest BCUT2D eigenvalue weighted by Crippen LogP contribution is 2.45. The third-order valence-electron chi connectivity index (χ3n) is 4.75. The van der Waals surface area contributed by atoms with Gasteiger partial charge in [-0.05, 0) is 33.2 Å². The van der Waals surface area contributed by atoms with Crippen LogP contribution in [0, 0.1) is 0 Å². The van der Waals surface area contributed by atoms with Crippen LogP contribution in [-0.2, 0) is 0 Å². The summed E-state index contributed by atoms with van der Waals surface area (Å²) in [7, 11) is 4.97. The molecule has 0 heterocycles. The van der Waals surface area contributed by atoms with Crippen molar-refractivity contribution in [3.05, 3.63) is 66.7 Å². The summed E-state index contributed by atoms with van der Waals surface area (Å²) in [6.45, 7) is 0. The number of ether oxygens (including phenoxy) is 3. The first-order chi connectivity index (χ1) is 12.8. The van der Waals surface area contributed by atoms with E-state index in [1.54, 1.807) is 21.3 Å². The molecule has 26 heavy (non-hydrogen) atoms.